The number of benzene rings is 4. The first kappa shape index (κ1) is 28.1. The van der Waals surface area contributed by atoms with E-state index in [1.807, 2.05) is 97.9 Å². The Kier molecular flexibility index (Phi) is 8.75. The van der Waals surface area contributed by atoms with E-state index in [4.69, 9.17) is 9.47 Å². The Labute approximate surface area is 245 Å². The lowest BCUT2D eigenvalue weighted by atomic mass is 10.1. The van der Waals surface area contributed by atoms with E-state index in [0.717, 1.165) is 32.8 Å². The van der Waals surface area contributed by atoms with Gasteiger partial charge in [0.15, 0.2) is 0 Å². The Morgan fingerprint density at radius 1 is 0.927 bits per heavy atom. The highest BCUT2D eigenvalue weighted by Gasteiger charge is 2.30. The van der Waals surface area contributed by atoms with Crippen molar-refractivity contribution in [2.75, 3.05) is 25.7 Å². The lowest BCUT2D eigenvalue weighted by Crippen LogP contribution is -2.34. The van der Waals surface area contributed by atoms with Crippen LogP contribution in [0.2, 0.25) is 0 Å². The SMILES string of the molecule is COc1ccc(CCNC(=O)c2ccc3c(c2)N(Cc2cccc(C)c2)C(=O)C(=Cc2ccccc2)S3)c(OC)c1. The summed E-state index contributed by atoms with van der Waals surface area (Å²) < 4.78 is 10.7. The highest BCUT2D eigenvalue weighted by Crippen LogP contribution is 2.43. The topological polar surface area (TPSA) is 67.9 Å². The Balaban J connectivity index is 1.39. The Morgan fingerprint density at radius 3 is 2.51 bits per heavy atom. The predicted octanol–water partition coefficient (Wildman–Crippen LogP) is 6.66. The number of nitrogens with one attached hydrogen (secondary N) is 1. The largest absolute Gasteiger partial charge is 0.497 e. The van der Waals surface area contributed by atoms with Crippen LogP contribution in [0, 0.1) is 6.92 Å². The molecule has 0 aromatic heterocycles. The van der Waals surface area contributed by atoms with Crippen molar-refractivity contribution in [1.82, 2.24) is 5.32 Å². The molecule has 0 fully saturated rings. The summed E-state index contributed by atoms with van der Waals surface area (Å²) in [6.45, 7) is 2.88. The van der Waals surface area contributed by atoms with Crippen molar-refractivity contribution in [2.24, 2.45) is 0 Å². The van der Waals surface area contributed by atoms with E-state index in [2.05, 4.69) is 11.4 Å². The van der Waals surface area contributed by atoms with Crippen molar-refractivity contribution in [2.45, 2.75) is 24.8 Å². The van der Waals surface area contributed by atoms with E-state index in [1.54, 1.807) is 19.1 Å². The van der Waals surface area contributed by atoms with Crippen LogP contribution >= 0.6 is 11.8 Å². The van der Waals surface area contributed by atoms with Crippen molar-refractivity contribution in [3.05, 3.63) is 124 Å². The van der Waals surface area contributed by atoms with Crippen molar-refractivity contribution >= 4 is 35.3 Å². The van der Waals surface area contributed by atoms with E-state index in [-0.39, 0.29) is 11.8 Å². The molecule has 0 bridgehead atoms. The maximum absolute atomic E-state index is 13.8. The Hall–Kier alpha value is -4.49. The van der Waals surface area contributed by atoms with Crippen molar-refractivity contribution in [1.29, 1.82) is 0 Å². The molecule has 1 heterocycles. The van der Waals surface area contributed by atoms with Gasteiger partial charge in [0.1, 0.15) is 11.5 Å². The number of ether oxygens (including phenoxy) is 2. The lowest BCUT2D eigenvalue weighted by Gasteiger charge is -2.31. The summed E-state index contributed by atoms with van der Waals surface area (Å²) in [6.07, 6.45) is 2.53. The molecule has 0 saturated carbocycles. The lowest BCUT2D eigenvalue weighted by molar-refractivity contribution is -0.114. The van der Waals surface area contributed by atoms with Gasteiger partial charge in [-0.15, -0.1) is 0 Å². The number of amides is 2. The first-order valence-electron chi connectivity index (χ1n) is 13.4. The molecule has 7 heteroatoms. The molecule has 1 aliphatic rings. The van der Waals surface area contributed by atoms with Crippen LogP contribution in [0.1, 0.15) is 32.6 Å². The number of thioether (sulfide) groups is 1. The zero-order valence-corrected chi connectivity index (χ0v) is 24.2. The third-order valence-corrected chi connectivity index (χ3v) is 7.96. The van der Waals surface area contributed by atoms with Gasteiger partial charge >= 0.3 is 0 Å². The summed E-state index contributed by atoms with van der Waals surface area (Å²) in [5.41, 5.74) is 5.33. The molecule has 4 aromatic rings. The van der Waals surface area contributed by atoms with Crippen LogP contribution in [0.15, 0.2) is 101 Å². The molecule has 0 saturated heterocycles. The number of carbonyl (C=O) groups is 2. The van der Waals surface area contributed by atoms with E-state index in [9.17, 15) is 9.59 Å². The second kappa shape index (κ2) is 12.8. The molecule has 0 atom stereocenters. The summed E-state index contributed by atoms with van der Waals surface area (Å²) in [5, 5.41) is 3.01. The molecule has 0 aliphatic carbocycles. The molecule has 4 aromatic carbocycles. The number of aryl methyl sites for hydroxylation is 1. The molecule has 1 aliphatic heterocycles. The molecule has 1 N–H and O–H groups in total. The monoisotopic (exact) mass is 564 g/mol. The fraction of sp³-hybridized carbons (Fsp3) is 0.176. The molecule has 5 rings (SSSR count). The van der Waals surface area contributed by atoms with Crippen molar-refractivity contribution < 1.29 is 19.1 Å². The number of anilines is 1. The highest BCUT2D eigenvalue weighted by molar-refractivity contribution is 8.04. The van der Waals surface area contributed by atoms with Crippen LogP contribution in [-0.2, 0) is 17.8 Å². The van der Waals surface area contributed by atoms with Gasteiger partial charge in [-0.1, -0.05) is 78.0 Å². The number of methoxy groups -OCH3 is 2. The van der Waals surface area contributed by atoms with E-state index in [1.165, 1.54) is 11.8 Å². The van der Waals surface area contributed by atoms with Crippen LogP contribution < -0.4 is 19.7 Å². The molecular formula is C34H32N2O4S. The third kappa shape index (κ3) is 6.64. The van der Waals surface area contributed by atoms with Gasteiger partial charge in [-0.05, 0) is 60.4 Å². The molecule has 0 radical (unpaired) electrons. The standard InChI is InChI=1S/C34H32N2O4S/c1-23-8-7-11-25(18-23)22-36-29-20-27(33(37)35-17-16-26-12-14-28(39-2)21-30(26)40-3)13-15-31(29)41-32(34(36)38)19-24-9-5-4-6-10-24/h4-15,18-21H,16-17,22H2,1-3H3,(H,35,37). The zero-order chi connectivity index (χ0) is 28.8. The molecule has 6 nitrogen and oxygen atoms in total. The fourth-order valence-corrected chi connectivity index (χ4v) is 5.81. The van der Waals surface area contributed by atoms with Gasteiger partial charge < -0.3 is 19.7 Å². The van der Waals surface area contributed by atoms with Crippen LogP contribution in [0.25, 0.3) is 6.08 Å². The number of hydrogen-bond donors (Lipinski definition) is 1. The van der Waals surface area contributed by atoms with Crippen LogP contribution in [0.4, 0.5) is 5.69 Å². The van der Waals surface area contributed by atoms with Crippen LogP contribution in [0.3, 0.4) is 0 Å². The summed E-state index contributed by atoms with van der Waals surface area (Å²) in [4.78, 5) is 30.3. The van der Waals surface area contributed by atoms with Gasteiger partial charge in [0.25, 0.3) is 11.8 Å². The number of fused-ring (bicyclic) bond motifs is 1. The number of nitrogens with zero attached hydrogens (tertiary/aromatic N) is 1. The zero-order valence-electron chi connectivity index (χ0n) is 23.3. The number of rotatable bonds is 9. The van der Waals surface area contributed by atoms with Gasteiger partial charge in [-0.3, -0.25) is 9.59 Å². The van der Waals surface area contributed by atoms with Crippen LogP contribution in [-0.4, -0.2) is 32.6 Å². The first-order valence-corrected chi connectivity index (χ1v) is 14.2. The van der Waals surface area contributed by atoms with Gasteiger partial charge in [-0.2, -0.15) is 0 Å². The maximum Gasteiger partial charge on any atom is 0.265 e. The van der Waals surface area contributed by atoms with Crippen molar-refractivity contribution in [3.63, 3.8) is 0 Å². The number of hydrogen-bond acceptors (Lipinski definition) is 5. The quantitative estimate of drug-likeness (QED) is 0.230. The summed E-state index contributed by atoms with van der Waals surface area (Å²) in [6, 6.07) is 29.2. The van der Waals surface area contributed by atoms with Gasteiger partial charge in [0.2, 0.25) is 0 Å². The second-order valence-corrected chi connectivity index (χ2v) is 10.9. The molecule has 2 amide bonds. The van der Waals surface area contributed by atoms with E-state index in [0.29, 0.717) is 41.5 Å². The average molecular weight is 565 g/mol. The molecule has 41 heavy (non-hydrogen) atoms. The molecule has 0 unspecified atom stereocenters. The minimum absolute atomic E-state index is 0.0861. The fourth-order valence-electron chi connectivity index (χ4n) is 4.77. The minimum Gasteiger partial charge on any atom is -0.497 e. The van der Waals surface area contributed by atoms with E-state index < -0.39 is 0 Å². The molecule has 208 valence electrons. The summed E-state index contributed by atoms with van der Waals surface area (Å²) >= 11 is 1.43. The molecular weight excluding hydrogens is 532 g/mol. The minimum atomic E-state index is -0.196. The second-order valence-electron chi connectivity index (χ2n) is 9.77. The molecule has 0 spiro atoms. The Morgan fingerprint density at radius 2 is 1.76 bits per heavy atom. The van der Waals surface area contributed by atoms with Gasteiger partial charge in [0.05, 0.1) is 31.4 Å². The first-order chi connectivity index (χ1) is 19.9. The van der Waals surface area contributed by atoms with Gasteiger partial charge in [0, 0.05) is 23.1 Å². The summed E-state index contributed by atoms with van der Waals surface area (Å²) in [7, 11) is 3.23. The normalized spacial score (nSPS) is 13.6. The van der Waals surface area contributed by atoms with Crippen molar-refractivity contribution in [3.8, 4) is 11.5 Å². The maximum atomic E-state index is 13.8. The Bertz CT molecular complexity index is 1600. The highest BCUT2D eigenvalue weighted by atomic mass is 32.2. The smallest absolute Gasteiger partial charge is 0.265 e. The van der Waals surface area contributed by atoms with Gasteiger partial charge in [-0.25, -0.2) is 0 Å². The number of carbonyl (C=O) groups excluding carboxylic acids is 2. The predicted molar refractivity (Wildman–Crippen MR) is 165 cm³/mol. The average Bonchev–Trinajstić information content (AvgIpc) is 2.99. The van der Waals surface area contributed by atoms with E-state index >= 15 is 0 Å². The third-order valence-electron chi connectivity index (χ3n) is 6.88. The van der Waals surface area contributed by atoms with Crippen LogP contribution in [0.5, 0.6) is 11.5 Å². The summed E-state index contributed by atoms with van der Waals surface area (Å²) in [5.74, 6) is 1.15.